The molecule has 0 radical (unpaired) electrons. The number of pyridine rings is 1. The lowest BCUT2D eigenvalue weighted by molar-refractivity contribution is 0.415. The van der Waals surface area contributed by atoms with Crippen LogP contribution in [0.2, 0.25) is 0 Å². The molecule has 0 spiro atoms. The molecule has 1 fully saturated rings. The summed E-state index contributed by atoms with van der Waals surface area (Å²) in [5, 5.41) is 12.4. The van der Waals surface area contributed by atoms with E-state index in [-0.39, 0.29) is 0 Å². The highest BCUT2D eigenvalue weighted by atomic mass is 16.5. The average Bonchev–Trinajstić information content (AvgIpc) is 2.63. The van der Waals surface area contributed by atoms with Gasteiger partial charge in [0, 0.05) is 19.1 Å². The van der Waals surface area contributed by atoms with E-state index in [2.05, 4.69) is 27.3 Å². The smallest absolute Gasteiger partial charge is 0.141 e. The molecule has 1 aliphatic heterocycles. The Kier molecular flexibility index (Phi) is 4.62. The molecule has 1 aliphatic rings. The highest BCUT2D eigenvalue weighted by molar-refractivity contribution is 5.57. The second kappa shape index (κ2) is 7.01. The van der Waals surface area contributed by atoms with E-state index < -0.39 is 0 Å². The molecule has 1 N–H and O–H groups in total. The van der Waals surface area contributed by atoms with E-state index in [1.54, 1.807) is 19.4 Å². The molecule has 0 aliphatic carbocycles. The number of ether oxygens (including phenoxy) is 1. The number of anilines is 2. The zero-order valence-electron chi connectivity index (χ0n) is 13.2. The molecule has 2 heterocycles. The third kappa shape index (κ3) is 3.54. The fourth-order valence-corrected chi connectivity index (χ4v) is 2.91. The van der Waals surface area contributed by atoms with Crippen molar-refractivity contribution in [3.05, 3.63) is 48.3 Å². The van der Waals surface area contributed by atoms with Gasteiger partial charge in [0.2, 0.25) is 0 Å². The van der Waals surface area contributed by atoms with E-state index in [0.717, 1.165) is 43.1 Å². The molecule has 1 aromatic carbocycles. The van der Waals surface area contributed by atoms with Gasteiger partial charge in [-0.1, -0.05) is 12.1 Å². The van der Waals surface area contributed by atoms with Gasteiger partial charge in [-0.3, -0.25) is 0 Å². The van der Waals surface area contributed by atoms with Crippen LogP contribution < -0.4 is 15.0 Å². The molecule has 2 aromatic rings. The number of para-hydroxylation sites is 2. The number of hydrogen-bond acceptors (Lipinski definition) is 5. The summed E-state index contributed by atoms with van der Waals surface area (Å²) in [5.41, 5.74) is 2.59. The van der Waals surface area contributed by atoms with Crippen molar-refractivity contribution >= 4 is 11.4 Å². The lowest BCUT2D eigenvalue weighted by Crippen LogP contribution is -2.39. The summed E-state index contributed by atoms with van der Waals surface area (Å²) >= 11 is 0. The van der Waals surface area contributed by atoms with Gasteiger partial charge in [-0.25, -0.2) is 4.98 Å². The van der Waals surface area contributed by atoms with E-state index in [1.165, 1.54) is 0 Å². The summed E-state index contributed by atoms with van der Waals surface area (Å²) in [6, 6.07) is 14.3. The molecule has 0 bridgehead atoms. The van der Waals surface area contributed by atoms with Gasteiger partial charge in [0.15, 0.2) is 0 Å². The molecule has 1 saturated heterocycles. The van der Waals surface area contributed by atoms with Crippen molar-refractivity contribution < 1.29 is 4.74 Å². The van der Waals surface area contributed by atoms with Gasteiger partial charge in [-0.05, 0) is 37.1 Å². The third-order valence-electron chi connectivity index (χ3n) is 4.19. The summed E-state index contributed by atoms with van der Waals surface area (Å²) in [6.45, 7) is 1.95. The first-order valence-corrected chi connectivity index (χ1v) is 7.81. The molecule has 23 heavy (non-hydrogen) atoms. The van der Waals surface area contributed by atoms with Crippen LogP contribution in [0.5, 0.6) is 5.75 Å². The van der Waals surface area contributed by atoms with Crippen molar-refractivity contribution in [3.63, 3.8) is 0 Å². The average molecular weight is 308 g/mol. The second-order valence-corrected chi connectivity index (χ2v) is 5.62. The van der Waals surface area contributed by atoms with Crippen LogP contribution in [0.1, 0.15) is 18.5 Å². The van der Waals surface area contributed by atoms with Crippen LogP contribution in [0.25, 0.3) is 0 Å². The van der Waals surface area contributed by atoms with Crippen LogP contribution in [-0.4, -0.2) is 31.2 Å². The zero-order valence-corrected chi connectivity index (χ0v) is 13.2. The molecule has 0 unspecified atom stereocenters. The van der Waals surface area contributed by atoms with Gasteiger partial charge in [0.25, 0.3) is 0 Å². The monoisotopic (exact) mass is 308 g/mol. The van der Waals surface area contributed by atoms with Crippen LogP contribution in [0.4, 0.5) is 11.4 Å². The normalized spacial score (nSPS) is 15.0. The van der Waals surface area contributed by atoms with Crippen molar-refractivity contribution in [2.75, 3.05) is 30.4 Å². The van der Waals surface area contributed by atoms with Gasteiger partial charge in [0.1, 0.15) is 17.5 Å². The quantitative estimate of drug-likeness (QED) is 0.940. The van der Waals surface area contributed by atoms with Gasteiger partial charge >= 0.3 is 0 Å². The maximum absolute atomic E-state index is 8.81. The number of rotatable bonds is 4. The molecule has 118 valence electrons. The Labute approximate surface area is 136 Å². The first-order chi connectivity index (χ1) is 11.3. The standard InChI is InChI=1S/C18H20N4O/c1-23-18-5-3-2-4-17(18)21-14-8-10-22(11-9-14)16-7-6-15(12-19)20-13-16/h2-7,13-14,21H,8-11H2,1H3. The lowest BCUT2D eigenvalue weighted by Gasteiger charge is -2.34. The topological polar surface area (TPSA) is 61.2 Å². The predicted octanol–water partition coefficient (Wildman–Crippen LogP) is 3.04. The van der Waals surface area contributed by atoms with Gasteiger partial charge < -0.3 is 15.0 Å². The summed E-state index contributed by atoms with van der Waals surface area (Å²) in [7, 11) is 1.70. The number of piperidine rings is 1. The highest BCUT2D eigenvalue weighted by Gasteiger charge is 2.20. The highest BCUT2D eigenvalue weighted by Crippen LogP contribution is 2.27. The molecule has 3 rings (SSSR count). The molecule has 0 saturated carbocycles. The first kappa shape index (κ1) is 15.2. The van der Waals surface area contributed by atoms with Crippen LogP contribution >= 0.6 is 0 Å². The number of nitriles is 1. The van der Waals surface area contributed by atoms with Crippen molar-refractivity contribution in [2.45, 2.75) is 18.9 Å². The van der Waals surface area contributed by atoms with Crippen molar-refractivity contribution in [1.82, 2.24) is 4.98 Å². The van der Waals surface area contributed by atoms with E-state index in [1.807, 2.05) is 24.3 Å². The van der Waals surface area contributed by atoms with Crippen molar-refractivity contribution in [2.24, 2.45) is 0 Å². The van der Waals surface area contributed by atoms with Crippen LogP contribution in [0, 0.1) is 11.3 Å². The van der Waals surface area contributed by atoms with E-state index >= 15 is 0 Å². The van der Waals surface area contributed by atoms with E-state index in [9.17, 15) is 0 Å². The number of benzene rings is 1. The molecule has 5 nitrogen and oxygen atoms in total. The Morgan fingerprint density at radius 3 is 2.65 bits per heavy atom. The predicted molar refractivity (Wildman–Crippen MR) is 90.8 cm³/mol. The van der Waals surface area contributed by atoms with E-state index in [0.29, 0.717) is 11.7 Å². The fourth-order valence-electron chi connectivity index (χ4n) is 2.91. The summed E-state index contributed by atoms with van der Waals surface area (Å²) in [4.78, 5) is 6.46. The molecular weight excluding hydrogens is 288 g/mol. The Morgan fingerprint density at radius 1 is 1.22 bits per heavy atom. The van der Waals surface area contributed by atoms with Gasteiger partial charge in [-0.15, -0.1) is 0 Å². The lowest BCUT2D eigenvalue weighted by atomic mass is 10.0. The zero-order chi connectivity index (χ0) is 16.1. The van der Waals surface area contributed by atoms with Gasteiger partial charge in [0.05, 0.1) is 24.7 Å². The fraction of sp³-hybridized carbons (Fsp3) is 0.333. The Bertz CT molecular complexity index is 685. The second-order valence-electron chi connectivity index (χ2n) is 5.62. The largest absolute Gasteiger partial charge is 0.495 e. The van der Waals surface area contributed by atoms with Gasteiger partial charge in [-0.2, -0.15) is 5.26 Å². The third-order valence-corrected chi connectivity index (χ3v) is 4.19. The number of aromatic nitrogens is 1. The summed E-state index contributed by atoms with van der Waals surface area (Å²) in [6.07, 6.45) is 3.89. The molecule has 1 aromatic heterocycles. The molecule has 0 amide bonds. The Morgan fingerprint density at radius 2 is 2.00 bits per heavy atom. The summed E-state index contributed by atoms with van der Waals surface area (Å²) in [5.74, 6) is 0.881. The number of methoxy groups -OCH3 is 1. The first-order valence-electron chi connectivity index (χ1n) is 7.81. The van der Waals surface area contributed by atoms with Crippen molar-refractivity contribution in [1.29, 1.82) is 5.26 Å². The van der Waals surface area contributed by atoms with Crippen LogP contribution in [0.3, 0.4) is 0 Å². The minimum absolute atomic E-state index is 0.439. The minimum Gasteiger partial charge on any atom is -0.495 e. The van der Waals surface area contributed by atoms with Crippen molar-refractivity contribution in [3.8, 4) is 11.8 Å². The molecular formula is C18H20N4O. The number of hydrogen-bond donors (Lipinski definition) is 1. The SMILES string of the molecule is COc1ccccc1NC1CCN(c2ccc(C#N)nc2)CC1. The molecule has 0 atom stereocenters. The van der Waals surface area contributed by atoms with Crippen LogP contribution in [0.15, 0.2) is 42.6 Å². The Balaban J connectivity index is 1.59. The van der Waals surface area contributed by atoms with Crippen LogP contribution in [-0.2, 0) is 0 Å². The summed E-state index contributed by atoms with van der Waals surface area (Å²) < 4.78 is 5.39. The molecule has 5 heteroatoms. The Hall–Kier alpha value is -2.74. The van der Waals surface area contributed by atoms with E-state index in [4.69, 9.17) is 10.00 Å². The number of nitrogens with zero attached hydrogens (tertiary/aromatic N) is 3. The maximum Gasteiger partial charge on any atom is 0.141 e. The minimum atomic E-state index is 0.439. The maximum atomic E-state index is 8.81. The number of nitrogens with one attached hydrogen (secondary N) is 1.